The van der Waals surface area contributed by atoms with Gasteiger partial charge < -0.3 is 31.4 Å². The van der Waals surface area contributed by atoms with E-state index in [0.717, 1.165) is 24.8 Å². The molecular formula is C24H25N7O4. The van der Waals surface area contributed by atoms with Crippen LogP contribution in [-0.2, 0) is 11.3 Å². The van der Waals surface area contributed by atoms with Crippen LogP contribution in [0.4, 0.5) is 5.69 Å². The molecule has 0 radical (unpaired) electrons. The number of aromatic amines is 1. The Kier molecular flexibility index (Phi) is 5.81. The summed E-state index contributed by atoms with van der Waals surface area (Å²) in [6.45, 7) is 4.01. The monoisotopic (exact) mass is 475 g/mol. The van der Waals surface area contributed by atoms with Crippen molar-refractivity contribution in [1.29, 1.82) is 0 Å². The maximum absolute atomic E-state index is 13.0. The molecule has 1 aliphatic heterocycles. The molecule has 6 N–H and O–H groups in total. The number of H-pyrrole nitrogens is 1. The van der Waals surface area contributed by atoms with Gasteiger partial charge in [0.1, 0.15) is 17.6 Å². The van der Waals surface area contributed by atoms with Gasteiger partial charge >= 0.3 is 0 Å². The minimum atomic E-state index is -0.431. The van der Waals surface area contributed by atoms with E-state index >= 15 is 0 Å². The van der Waals surface area contributed by atoms with Crippen LogP contribution in [0, 0.1) is 5.92 Å². The summed E-state index contributed by atoms with van der Waals surface area (Å²) in [5.41, 5.74) is 8.97. The molecule has 1 fully saturated rings. The highest BCUT2D eigenvalue weighted by molar-refractivity contribution is 6.10. The van der Waals surface area contributed by atoms with Crippen molar-refractivity contribution in [3.05, 3.63) is 59.8 Å². The number of hydrogen-bond acceptors (Lipinski definition) is 7. The highest BCUT2D eigenvalue weighted by Gasteiger charge is 2.31. The minimum Gasteiger partial charge on any atom is -0.482 e. The standard InChI is InChI=1S/C24H25N7O4/c1-12(25)14-3-2-4-16(14)31-23(33)15-9-26-21-20(15)28-11-29-22(21)24(34)27-8-13-5-6-18-17(7-13)30-19(32)10-35-18/h5-7,9,11,14,16,26H,1-4,8,10,25H2,(H,27,34)(H,30,32)(H,31,33)/t14-,16?/m0/s1. The van der Waals surface area contributed by atoms with Crippen molar-refractivity contribution in [2.75, 3.05) is 11.9 Å². The molecule has 0 spiro atoms. The molecule has 2 aliphatic rings. The summed E-state index contributed by atoms with van der Waals surface area (Å²) >= 11 is 0. The molecule has 2 atom stereocenters. The minimum absolute atomic E-state index is 0.0213. The topological polar surface area (TPSA) is 164 Å². The lowest BCUT2D eigenvalue weighted by Crippen LogP contribution is -2.38. The van der Waals surface area contributed by atoms with Gasteiger partial charge in [-0.2, -0.15) is 0 Å². The summed E-state index contributed by atoms with van der Waals surface area (Å²) in [6.07, 6.45) is 5.47. The summed E-state index contributed by atoms with van der Waals surface area (Å²) in [6, 6.07) is 5.20. The molecule has 0 saturated heterocycles. The lowest BCUT2D eigenvalue weighted by atomic mass is 10.0. The van der Waals surface area contributed by atoms with Gasteiger partial charge in [0, 0.05) is 30.4 Å². The quantitative estimate of drug-likeness (QED) is 0.361. The Labute approximate surface area is 200 Å². The number of rotatable bonds is 6. The number of nitrogens with two attached hydrogens (primary N) is 1. The van der Waals surface area contributed by atoms with Gasteiger partial charge in [0.25, 0.3) is 17.7 Å². The number of carbonyl (C=O) groups excluding carboxylic acids is 3. The first kappa shape index (κ1) is 22.4. The van der Waals surface area contributed by atoms with E-state index in [2.05, 4.69) is 37.5 Å². The smallest absolute Gasteiger partial charge is 0.272 e. The van der Waals surface area contributed by atoms with Crippen LogP contribution in [0.2, 0.25) is 0 Å². The normalized spacial score (nSPS) is 18.9. The van der Waals surface area contributed by atoms with Crippen molar-refractivity contribution in [2.45, 2.75) is 31.8 Å². The molecule has 11 nitrogen and oxygen atoms in total. The van der Waals surface area contributed by atoms with Crippen LogP contribution in [0.5, 0.6) is 5.75 Å². The fourth-order valence-electron chi connectivity index (χ4n) is 4.61. The number of anilines is 1. The Morgan fingerprint density at radius 2 is 2.09 bits per heavy atom. The molecule has 35 heavy (non-hydrogen) atoms. The van der Waals surface area contributed by atoms with E-state index in [1.165, 1.54) is 12.5 Å². The Morgan fingerprint density at radius 1 is 1.23 bits per heavy atom. The Balaban J connectivity index is 1.30. The van der Waals surface area contributed by atoms with Gasteiger partial charge in [0.15, 0.2) is 12.3 Å². The lowest BCUT2D eigenvalue weighted by molar-refractivity contribution is -0.118. The average Bonchev–Trinajstić information content (AvgIpc) is 3.49. The van der Waals surface area contributed by atoms with Crippen molar-refractivity contribution in [2.24, 2.45) is 11.7 Å². The number of nitrogens with one attached hydrogen (secondary N) is 4. The highest BCUT2D eigenvalue weighted by atomic mass is 16.5. The summed E-state index contributed by atoms with van der Waals surface area (Å²) in [5.74, 6) is -0.333. The molecule has 5 rings (SSSR count). The van der Waals surface area contributed by atoms with Gasteiger partial charge in [-0.1, -0.05) is 19.1 Å². The molecule has 1 aromatic carbocycles. The van der Waals surface area contributed by atoms with E-state index < -0.39 is 5.91 Å². The van der Waals surface area contributed by atoms with Crippen molar-refractivity contribution < 1.29 is 19.1 Å². The van der Waals surface area contributed by atoms with Gasteiger partial charge in [-0.25, -0.2) is 9.97 Å². The number of carbonyl (C=O) groups is 3. The maximum Gasteiger partial charge on any atom is 0.272 e. The molecule has 3 heterocycles. The van der Waals surface area contributed by atoms with Gasteiger partial charge in [-0.3, -0.25) is 14.4 Å². The van der Waals surface area contributed by atoms with Crippen molar-refractivity contribution in [3.8, 4) is 5.75 Å². The van der Waals surface area contributed by atoms with Gasteiger partial charge in [0.2, 0.25) is 0 Å². The second-order valence-electron chi connectivity index (χ2n) is 8.69. The third-order valence-electron chi connectivity index (χ3n) is 6.36. The van der Waals surface area contributed by atoms with Crippen molar-refractivity contribution >= 4 is 34.4 Å². The van der Waals surface area contributed by atoms with Crippen LogP contribution in [0.1, 0.15) is 45.7 Å². The fourth-order valence-corrected chi connectivity index (χ4v) is 4.61. The highest BCUT2D eigenvalue weighted by Crippen LogP contribution is 2.30. The number of aromatic nitrogens is 3. The Bertz CT molecular complexity index is 1350. The van der Waals surface area contributed by atoms with E-state index in [-0.39, 0.29) is 42.6 Å². The molecule has 3 amide bonds. The van der Waals surface area contributed by atoms with Crippen LogP contribution < -0.4 is 26.4 Å². The summed E-state index contributed by atoms with van der Waals surface area (Å²) in [7, 11) is 0. The first-order valence-electron chi connectivity index (χ1n) is 11.3. The lowest BCUT2D eigenvalue weighted by Gasteiger charge is -2.20. The predicted octanol–water partition coefficient (Wildman–Crippen LogP) is 1.59. The van der Waals surface area contributed by atoms with Crippen molar-refractivity contribution in [3.63, 3.8) is 0 Å². The van der Waals surface area contributed by atoms with E-state index in [1.54, 1.807) is 18.2 Å². The number of ether oxygens (including phenoxy) is 1. The van der Waals surface area contributed by atoms with E-state index in [1.807, 2.05) is 0 Å². The Hall–Kier alpha value is -4.41. The summed E-state index contributed by atoms with van der Waals surface area (Å²) in [5, 5.41) is 8.58. The molecule has 2 aromatic heterocycles. The molecule has 1 aliphatic carbocycles. The molecule has 3 aromatic rings. The first-order valence-corrected chi connectivity index (χ1v) is 11.3. The zero-order valence-corrected chi connectivity index (χ0v) is 18.9. The fraction of sp³-hybridized carbons (Fsp3) is 0.292. The summed E-state index contributed by atoms with van der Waals surface area (Å²) in [4.78, 5) is 48.7. The van der Waals surface area contributed by atoms with E-state index in [4.69, 9.17) is 10.5 Å². The molecule has 1 unspecified atom stereocenters. The number of nitrogens with zero attached hydrogens (tertiary/aromatic N) is 2. The van der Waals surface area contributed by atoms with Crippen LogP contribution in [0.15, 0.2) is 43.0 Å². The second kappa shape index (κ2) is 9.09. The first-order chi connectivity index (χ1) is 16.9. The molecule has 1 saturated carbocycles. The SMILES string of the molecule is C=C(N)[C@@H]1CCCC1NC(=O)c1c[nH]c2c(C(=O)NCc3ccc4c(c3)NC(=O)CO4)ncnc12. The number of fused-ring (bicyclic) bond motifs is 2. The van der Waals surface area contributed by atoms with E-state index in [0.29, 0.717) is 33.7 Å². The summed E-state index contributed by atoms with van der Waals surface area (Å²) < 4.78 is 5.35. The van der Waals surface area contributed by atoms with Gasteiger partial charge in [-0.15, -0.1) is 0 Å². The zero-order valence-electron chi connectivity index (χ0n) is 18.9. The van der Waals surface area contributed by atoms with Gasteiger partial charge in [-0.05, 0) is 30.5 Å². The third-order valence-corrected chi connectivity index (χ3v) is 6.36. The number of benzene rings is 1. The predicted molar refractivity (Wildman–Crippen MR) is 128 cm³/mol. The molecule has 180 valence electrons. The second-order valence-corrected chi connectivity index (χ2v) is 8.69. The molecule has 11 heteroatoms. The van der Waals surface area contributed by atoms with Crippen LogP contribution in [0.25, 0.3) is 11.0 Å². The third kappa shape index (κ3) is 4.39. The van der Waals surface area contributed by atoms with Crippen molar-refractivity contribution in [1.82, 2.24) is 25.6 Å². The zero-order chi connectivity index (χ0) is 24.5. The number of hydrogen-bond donors (Lipinski definition) is 5. The Morgan fingerprint density at radius 3 is 2.91 bits per heavy atom. The van der Waals surface area contributed by atoms with Crippen LogP contribution in [0.3, 0.4) is 0 Å². The largest absolute Gasteiger partial charge is 0.482 e. The maximum atomic E-state index is 13.0. The van der Waals surface area contributed by atoms with Crippen LogP contribution >= 0.6 is 0 Å². The number of amides is 3. The van der Waals surface area contributed by atoms with Gasteiger partial charge in [0.05, 0.1) is 16.8 Å². The van der Waals surface area contributed by atoms with Crippen LogP contribution in [-0.4, -0.2) is 45.3 Å². The van der Waals surface area contributed by atoms with E-state index in [9.17, 15) is 14.4 Å². The molecule has 0 bridgehead atoms. The molecular weight excluding hydrogens is 450 g/mol. The average molecular weight is 476 g/mol.